The van der Waals surface area contributed by atoms with Crippen molar-refractivity contribution < 1.29 is 9.72 Å². The fourth-order valence-corrected chi connectivity index (χ4v) is 3.50. The molecule has 6 nitrogen and oxygen atoms in total. The molecule has 0 radical (unpaired) electrons. The summed E-state index contributed by atoms with van der Waals surface area (Å²) in [7, 11) is 0. The molecular formula is C20H22ClN3O3. The zero-order valence-electron chi connectivity index (χ0n) is 14.9. The number of nitro groups is 1. The first-order valence-corrected chi connectivity index (χ1v) is 9.37. The molecule has 1 N–H and O–H groups in total. The minimum Gasteiger partial charge on any atom is -0.353 e. The fraction of sp³-hybridized carbons (Fsp3) is 0.350. The van der Waals surface area contributed by atoms with E-state index in [4.69, 9.17) is 11.6 Å². The predicted molar refractivity (Wildman–Crippen MR) is 105 cm³/mol. The second-order valence-electron chi connectivity index (χ2n) is 6.81. The molecule has 1 aliphatic heterocycles. The van der Waals surface area contributed by atoms with E-state index >= 15 is 0 Å². The number of piperidine rings is 1. The van der Waals surface area contributed by atoms with Crippen LogP contribution in [0.25, 0.3) is 0 Å². The van der Waals surface area contributed by atoms with Crippen molar-refractivity contribution in [3.8, 4) is 0 Å². The highest BCUT2D eigenvalue weighted by molar-refractivity contribution is 6.30. The Kier molecular flexibility index (Phi) is 6.42. The maximum atomic E-state index is 12.3. The van der Waals surface area contributed by atoms with Gasteiger partial charge in [-0.15, -0.1) is 0 Å². The van der Waals surface area contributed by atoms with Crippen LogP contribution < -0.4 is 5.32 Å². The second-order valence-corrected chi connectivity index (χ2v) is 7.24. The van der Waals surface area contributed by atoms with Crippen LogP contribution in [0.15, 0.2) is 48.5 Å². The molecule has 27 heavy (non-hydrogen) atoms. The van der Waals surface area contributed by atoms with Gasteiger partial charge in [0.1, 0.15) is 0 Å². The average Bonchev–Trinajstić information content (AvgIpc) is 2.65. The number of nitrogens with zero attached hydrogens (tertiary/aromatic N) is 2. The van der Waals surface area contributed by atoms with Crippen molar-refractivity contribution in [1.82, 2.24) is 10.2 Å². The Labute approximate surface area is 163 Å². The van der Waals surface area contributed by atoms with E-state index in [9.17, 15) is 14.9 Å². The molecule has 1 fully saturated rings. The van der Waals surface area contributed by atoms with Gasteiger partial charge in [-0.3, -0.25) is 19.8 Å². The monoisotopic (exact) mass is 387 g/mol. The van der Waals surface area contributed by atoms with Crippen LogP contribution in [-0.4, -0.2) is 34.9 Å². The van der Waals surface area contributed by atoms with Crippen LogP contribution in [0.1, 0.15) is 24.0 Å². The standard InChI is InChI=1S/C20H22ClN3O3/c21-17-7-5-15(6-8-17)14-23-11-9-18(10-12-23)22-20(25)13-16-3-1-2-4-19(16)24(26)27/h1-8,18H,9-14H2,(H,22,25). The van der Waals surface area contributed by atoms with Crippen LogP contribution in [0.2, 0.25) is 5.02 Å². The Balaban J connectivity index is 1.47. The Morgan fingerprint density at radius 3 is 2.48 bits per heavy atom. The zero-order valence-corrected chi connectivity index (χ0v) is 15.7. The van der Waals surface area contributed by atoms with Crippen LogP contribution in [0, 0.1) is 10.1 Å². The SMILES string of the molecule is O=C(Cc1ccccc1[N+](=O)[O-])NC1CCN(Cc2ccc(Cl)cc2)CC1. The van der Waals surface area contributed by atoms with Gasteiger partial charge in [0.25, 0.3) is 5.69 Å². The molecular weight excluding hydrogens is 366 g/mol. The summed E-state index contributed by atoms with van der Waals surface area (Å²) in [5.41, 5.74) is 1.66. The lowest BCUT2D eigenvalue weighted by molar-refractivity contribution is -0.385. The lowest BCUT2D eigenvalue weighted by Crippen LogP contribution is -2.44. The molecule has 2 aromatic rings. The molecule has 7 heteroatoms. The Bertz CT molecular complexity index is 802. The number of carbonyl (C=O) groups excluding carboxylic acids is 1. The minimum atomic E-state index is -0.447. The molecule has 1 heterocycles. The highest BCUT2D eigenvalue weighted by Gasteiger charge is 2.22. The van der Waals surface area contributed by atoms with Crippen molar-refractivity contribution in [2.45, 2.75) is 31.8 Å². The normalized spacial score (nSPS) is 15.4. The number of likely N-dealkylation sites (tertiary alicyclic amines) is 1. The van der Waals surface area contributed by atoms with E-state index in [-0.39, 0.29) is 24.1 Å². The van der Waals surface area contributed by atoms with E-state index < -0.39 is 4.92 Å². The molecule has 1 amide bonds. The quantitative estimate of drug-likeness (QED) is 0.607. The van der Waals surface area contributed by atoms with E-state index in [1.54, 1.807) is 18.2 Å². The van der Waals surface area contributed by atoms with Crippen molar-refractivity contribution >= 4 is 23.2 Å². The molecule has 0 saturated carbocycles. The molecule has 0 unspecified atom stereocenters. The average molecular weight is 388 g/mol. The fourth-order valence-electron chi connectivity index (χ4n) is 3.37. The van der Waals surface area contributed by atoms with Gasteiger partial charge >= 0.3 is 0 Å². The summed E-state index contributed by atoms with van der Waals surface area (Å²) in [5.74, 6) is -0.166. The van der Waals surface area contributed by atoms with Gasteiger partial charge in [-0.2, -0.15) is 0 Å². The zero-order chi connectivity index (χ0) is 19.2. The van der Waals surface area contributed by atoms with Crippen LogP contribution in [0.4, 0.5) is 5.69 Å². The van der Waals surface area contributed by atoms with Gasteiger partial charge in [0.05, 0.1) is 11.3 Å². The molecule has 3 rings (SSSR count). The van der Waals surface area contributed by atoms with Gasteiger partial charge in [0, 0.05) is 42.3 Å². The number of para-hydroxylation sites is 1. The number of benzene rings is 2. The van der Waals surface area contributed by atoms with E-state index in [0.717, 1.165) is 37.5 Å². The first-order chi connectivity index (χ1) is 13.0. The molecule has 0 spiro atoms. The summed E-state index contributed by atoms with van der Waals surface area (Å²) in [6, 6.07) is 14.3. The lowest BCUT2D eigenvalue weighted by atomic mass is 10.0. The number of halogens is 1. The molecule has 0 aliphatic carbocycles. The summed E-state index contributed by atoms with van der Waals surface area (Å²) in [4.78, 5) is 25.3. The Morgan fingerprint density at radius 2 is 1.81 bits per heavy atom. The third-order valence-electron chi connectivity index (χ3n) is 4.81. The first kappa shape index (κ1) is 19.3. The van der Waals surface area contributed by atoms with E-state index in [2.05, 4.69) is 10.2 Å². The Hall–Kier alpha value is -2.44. The number of amides is 1. The highest BCUT2D eigenvalue weighted by atomic mass is 35.5. The third kappa shape index (κ3) is 5.52. The molecule has 0 bridgehead atoms. The number of nitrogens with one attached hydrogen (secondary N) is 1. The van der Waals surface area contributed by atoms with Crippen LogP contribution in [0.5, 0.6) is 0 Å². The minimum absolute atomic E-state index is 0.00886. The smallest absolute Gasteiger partial charge is 0.273 e. The maximum Gasteiger partial charge on any atom is 0.273 e. The lowest BCUT2D eigenvalue weighted by Gasteiger charge is -2.32. The molecule has 142 valence electrons. The summed E-state index contributed by atoms with van der Waals surface area (Å²) < 4.78 is 0. The van der Waals surface area contributed by atoms with Crippen molar-refractivity contribution in [1.29, 1.82) is 0 Å². The van der Waals surface area contributed by atoms with Crippen molar-refractivity contribution in [3.05, 3.63) is 74.8 Å². The summed E-state index contributed by atoms with van der Waals surface area (Å²) in [6.45, 7) is 2.67. The summed E-state index contributed by atoms with van der Waals surface area (Å²) in [6.07, 6.45) is 1.77. The third-order valence-corrected chi connectivity index (χ3v) is 5.06. The van der Waals surface area contributed by atoms with Gasteiger partial charge in [-0.1, -0.05) is 41.9 Å². The van der Waals surface area contributed by atoms with Gasteiger partial charge < -0.3 is 5.32 Å². The van der Waals surface area contributed by atoms with Crippen molar-refractivity contribution in [2.24, 2.45) is 0 Å². The van der Waals surface area contributed by atoms with Gasteiger partial charge in [-0.25, -0.2) is 0 Å². The maximum absolute atomic E-state index is 12.3. The molecule has 1 saturated heterocycles. The topological polar surface area (TPSA) is 75.5 Å². The number of nitro benzene ring substituents is 1. The number of rotatable bonds is 6. The summed E-state index contributed by atoms with van der Waals surface area (Å²) in [5, 5.41) is 14.8. The van der Waals surface area contributed by atoms with E-state index in [1.807, 2.05) is 24.3 Å². The second kappa shape index (κ2) is 8.97. The van der Waals surface area contributed by atoms with Gasteiger partial charge in [0.2, 0.25) is 5.91 Å². The molecule has 0 aromatic heterocycles. The molecule has 1 aliphatic rings. The Morgan fingerprint density at radius 1 is 1.15 bits per heavy atom. The van der Waals surface area contributed by atoms with Gasteiger partial charge in [0.15, 0.2) is 0 Å². The van der Waals surface area contributed by atoms with Crippen LogP contribution in [-0.2, 0) is 17.8 Å². The number of carbonyl (C=O) groups is 1. The highest BCUT2D eigenvalue weighted by Crippen LogP contribution is 2.19. The molecule has 0 atom stereocenters. The number of hydrogen-bond donors (Lipinski definition) is 1. The van der Waals surface area contributed by atoms with E-state index in [0.29, 0.717) is 5.56 Å². The van der Waals surface area contributed by atoms with Gasteiger partial charge in [-0.05, 0) is 30.5 Å². The van der Waals surface area contributed by atoms with E-state index in [1.165, 1.54) is 11.6 Å². The predicted octanol–water partition coefficient (Wildman–Crippen LogP) is 3.57. The molecule has 2 aromatic carbocycles. The van der Waals surface area contributed by atoms with Crippen LogP contribution >= 0.6 is 11.6 Å². The van der Waals surface area contributed by atoms with Crippen LogP contribution in [0.3, 0.4) is 0 Å². The largest absolute Gasteiger partial charge is 0.353 e. The number of hydrogen-bond acceptors (Lipinski definition) is 4. The van der Waals surface area contributed by atoms with Crippen molar-refractivity contribution in [2.75, 3.05) is 13.1 Å². The first-order valence-electron chi connectivity index (χ1n) is 9.00. The van der Waals surface area contributed by atoms with Crippen molar-refractivity contribution in [3.63, 3.8) is 0 Å². The summed E-state index contributed by atoms with van der Waals surface area (Å²) >= 11 is 5.92.